The third-order valence-electron chi connectivity index (χ3n) is 3.59. The van der Waals surface area contributed by atoms with E-state index in [0.29, 0.717) is 18.8 Å². The third-order valence-corrected chi connectivity index (χ3v) is 3.59. The van der Waals surface area contributed by atoms with E-state index >= 15 is 0 Å². The Morgan fingerprint density at radius 1 is 1.35 bits per heavy atom. The van der Waals surface area contributed by atoms with E-state index in [1.165, 1.54) is 0 Å². The molecule has 0 amide bonds. The Hall–Kier alpha value is -2.09. The van der Waals surface area contributed by atoms with Gasteiger partial charge in [0, 0.05) is 25.8 Å². The van der Waals surface area contributed by atoms with Gasteiger partial charge in [0.15, 0.2) is 0 Å². The summed E-state index contributed by atoms with van der Waals surface area (Å²) in [5, 5.41) is 22.3. The maximum Gasteiger partial charge on any atom is 0.120 e. The normalized spacial score (nSPS) is 12.1. The Labute approximate surface area is 119 Å². The summed E-state index contributed by atoms with van der Waals surface area (Å²) in [6.07, 6.45) is -0.518. The van der Waals surface area contributed by atoms with Crippen LogP contribution in [0, 0.1) is 18.3 Å². The van der Waals surface area contributed by atoms with E-state index in [1.54, 1.807) is 0 Å². The van der Waals surface area contributed by atoms with Crippen LogP contribution in [0.4, 0.5) is 0 Å². The average molecular weight is 269 g/mol. The van der Waals surface area contributed by atoms with Crippen molar-refractivity contribution in [1.29, 1.82) is 5.26 Å². The van der Waals surface area contributed by atoms with Gasteiger partial charge in [-0.2, -0.15) is 5.26 Å². The fourth-order valence-corrected chi connectivity index (χ4v) is 2.19. The monoisotopic (exact) mass is 269 g/mol. The highest BCUT2D eigenvalue weighted by atomic mass is 16.3. The van der Waals surface area contributed by atoms with Crippen LogP contribution < -0.4 is 5.32 Å². The molecule has 2 rings (SSSR count). The van der Waals surface area contributed by atoms with Crippen molar-refractivity contribution in [3.8, 4) is 6.07 Å². The Morgan fingerprint density at radius 3 is 2.65 bits per heavy atom. The van der Waals surface area contributed by atoms with Crippen molar-refractivity contribution < 1.29 is 5.11 Å². The van der Waals surface area contributed by atoms with Crippen molar-refractivity contribution in [2.24, 2.45) is 7.05 Å². The highest BCUT2D eigenvalue weighted by Crippen LogP contribution is 2.14. The second kappa shape index (κ2) is 6.38. The van der Waals surface area contributed by atoms with Gasteiger partial charge in [-0.3, -0.25) is 0 Å². The number of hydrogen-bond donors (Lipinski definition) is 2. The lowest BCUT2D eigenvalue weighted by atomic mass is 10.1. The van der Waals surface area contributed by atoms with Crippen molar-refractivity contribution in [3.63, 3.8) is 0 Å². The molecule has 1 unspecified atom stereocenters. The predicted molar refractivity (Wildman–Crippen MR) is 78.0 cm³/mol. The molecule has 4 nitrogen and oxygen atoms in total. The Kier molecular flexibility index (Phi) is 4.57. The van der Waals surface area contributed by atoms with Gasteiger partial charge < -0.3 is 15.0 Å². The molecule has 0 radical (unpaired) electrons. The topological polar surface area (TPSA) is 61.0 Å². The van der Waals surface area contributed by atoms with Gasteiger partial charge in [-0.1, -0.05) is 30.3 Å². The average Bonchev–Trinajstić information content (AvgIpc) is 2.76. The third kappa shape index (κ3) is 3.08. The fraction of sp³-hybridized carbons (Fsp3) is 0.312. The van der Waals surface area contributed by atoms with Gasteiger partial charge in [0.2, 0.25) is 0 Å². The van der Waals surface area contributed by atoms with Crippen molar-refractivity contribution >= 4 is 0 Å². The highest BCUT2D eigenvalue weighted by Gasteiger charge is 2.10. The van der Waals surface area contributed by atoms with Gasteiger partial charge in [0.05, 0.1) is 6.10 Å². The standard InChI is InChI=1S/C16H19N3O/c1-12-14(8-15(9-17)19(12)2)10-18-11-16(20)13-6-4-3-5-7-13/h3-8,16,18,20H,10-11H2,1-2H3. The summed E-state index contributed by atoms with van der Waals surface area (Å²) in [7, 11) is 1.89. The van der Waals surface area contributed by atoms with Crippen LogP contribution >= 0.6 is 0 Å². The molecule has 2 N–H and O–H groups in total. The molecule has 20 heavy (non-hydrogen) atoms. The van der Waals surface area contributed by atoms with E-state index < -0.39 is 6.10 Å². The maximum atomic E-state index is 10.1. The van der Waals surface area contributed by atoms with Crippen LogP contribution in [0.25, 0.3) is 0 Å². The Balaban J connectivity index is 1.92. The number of nitrogens with one attached hydrogen (secondary N) is 1. The van der Waals surface area contributed by atoms with Gasteiger partial charge in [0.25, 0.3) is 0 Å². The SMILES string of the molecule is Cc1c(CNCC(O)c2ccccc2)cc(C#N)n1C. The number of aliphatic hydroxyl groups excluding tert-OH is 1. The molecule has 2 aromatic rings. The number of aromatic nitrogens is 1. The number of hydrogen-bond acceptors (Lipinski definition) is 3. The quantitative estimate of drug-likeness (QED) is 0.873. The maximum absolute atomic E-state index is 10.1. The molecular weight excluding hydrogens is 250 g/mol. The molecule has 4 heteroatoms. The van der Waals surface area contributed by atoms with E-state index in [-0.39, 0.29) is 0 Å². The van der Waals surface area contributed by atoms with Crippen molar-refractivity contribution in [2.45, 2.75) is 19.6 Å². The van der Waals surface area contributed by atoms with Crippen LogP contribution in [0.15, 0.2) is 36.4 Å². The van der Waals surface area contributed by atoms with Crippen LogP contribution in [0.5, 0.6) is 0 Å². The Morgan fingerprint density at radius 2 is 2.05 bits per heavy atom. The molecule has 0 fully saturated rings. The van der Waals surface area contributed by atoms with Gasteiger partial charge in [-0.25, -0.2) is 0 Å². The van der Waals surface area contributed by atoms with Crippen molar-refractivity contribution in [1.82, 2.24) is 9.88 Å². The van der Waals surface area contributed by atoms with E-state index in [2.05, 4.69) is 11.4 Å². The zero-order chi connectivity index (χ0) is 14.5. The lowest BCUT2D eigenvalue weighted by Gasteiger charge is -2.12. The minimum Gasteiger partial charge on any atom is -0.387 e. The van der Waals surface area contributed by atoms with E-state index in [0.717, 1.165) is 16.8 Å². The molecule has 104 valence electrons. The highest BCUT2D eigenvalue weighted by molar-refractivity contribution is 5.34. The molecule has 0 aliphatic carbocycles. The van der Waals surface area contributed by atoms with E-state index in [1.807, 2.05) is 54.9 Å². The molecule has 1 heterocycles. The molecule has 1 aromatic carbocycles. The minimum atomic E-state index is -0.518. The molecule has 0 aliphatic rings. The van der Waals surface area contributed by atoms with Crippen LogP contribution in [0.3, 0.4) is 0 Å². The first-order valence-corrected chi connectivity index (χ1v) is 6.62. The van der Waals surface area contributed by atoms with E-state index in [9.17, 15) is 5.11 Å². The first-order valence-electron chi connectivity index (χ1n) is 6.62. The second-order valence-corrected chi connectivity index (χ2v) is 4.87. The van der Waals surface area contributed by atoms with Gasteiger partial charge >= 0.3 is 0 Å². The summed E-state index contributed by atoms with van der Waals surface area (Å²) >= 11 is 0. The molecule has 1 atom stereocenters. The zero-order valence-corrected chi connectivity index (χ0v) is 11.8. The van der Waals surface area contributed by atoms with Gasteiger partial charge in [0.1, 0.15) is 11.8 Å². The van der Waals surface area contributed by atoms with Crippen LogP contribution in [0.2, 0.25) is 0 Å². The fourth-order valence-electron chi connectivity index (χ4n) is 2.19. The number of rotatable bonds is 5. The smallest absolute Gasteiger partial charge is 0.120 e. The summed E-state index contributed by atoms with van der Waals surface area (Å²) < 4.78 is 1.88. The van der Waals surface area contributed by atoms with Crippen molar-refractivity contribution in [2.75, 3.05) is 6.54 Å². The molecule has 0 spiro atoms. The summed E-state index contributed by atoms with van der Waals surface area (Å²) in [4.78, 5) is 0. The van der Waals surface area contributed by atoms with Crippen LogP contribution in [-0.2, 0) is 13.6 Å². The molecule has 0 saturated heterocycles. The van der Waals surface area contributed by atoms with Crippen molar-refractivity contribution in [3.05, 3.63) is 58.9 Å². The first-order chi connectivity index (χ1) is 9.63. The molecule has 0 bridgehead atoms. The second-order valence-electron chi connectivity index (χ2n) is 4.87. The summed E-state index contributed by atoms with van der Waals surface area (Å²) in [6.45, 7) is 3.12. The summed E-state index contributed by atoms with van der Waals surface area (Å²) in [6, 6.07) is 13.6. The predicted octanol–water partition coefficient (Wildman–Crippen LogP) is 2.03. The van der Waals surface area contributed by atoms with Crippen LogP contribution in [0.1, 0.15) is 28.6 Å². The molecular formula is C16H19N3O. The number of benzene rings is 1. The van der Waals surface area contributed by atoms with Gasteiger partial charge in [-0.15, -0.1) is 0 Å². The molecule has 0 saturated carbocycles. The number of nitriles is 1. The number of aliphatic hydroxyl groups is 1. The lowest BCUT2D eigenvalue weighted by Crippen LogP contribution is -2.21. The minimum absolute atomic E-state index is 0.486. The molecule has 1 aromatic heterocycles. The lowest BCUT2D eigenvalue weighted by molar-refractivity contribution is 0.174. The summed E-state index contributed by atoms with van der Waals surface area (Å²) in [5.74, 6) is 0. The zero-order valence-electron chi connectivity index (χ0n) is 11.8. The molecule has 0 aliphatic heterocycles. The first kappa shape index (κ1) is 14.3. The Bertz CT molecular complexity index is 611. The summed E-state index contributed by atoms with van der Waals surface area (Å²) in [5.41, 5.74) is 3.72. The van der Waals surface area contributed by atoms with Crippen LogP contribution in [-0.4, -0.2) is 16.2 Å². The van der Waals surface area contributed by atoms with Gasteiger partial charge in [-0.05, 0) is 24.1 Å². The van der Waals surface area contributed by atoms with E-state index in [4.69, 9.17) is 5.26 Å². The largest absolute Gasteiger partial charge is 0.387 e. The number of nitrogens with zero attached hydrogens (tertiary/aromatic N) is 2.